The molecule has 0 radical (unpaired) electrons. The van der Waals surface area contributed by atoms with Gasteiger partial charge in [-0.1, -0.05) is 30.3 Å². The topological polar surface area (TPSA) is 68.5 Å². The van der Waals surface area contributed by atoms with Crippen molar-refractivity contribution in [3.05, 3.63) is 53.9 Å². The lowest BCUT2D eigenvalue weighted by Crippen LogP contribution is -2.18. The lowest BCUT2D eigenvalue weighted by molar-refractivity contribution is 0.500. The summed E-state index contributed by atoms with van der Waals surface area (Å²) in [5, 5.41) is 13.5. The molecule has 1 aliphatic rings. The van der Waals surface area contributed by atoms with Gasteiger partial charge in [-0.15, -0.1) is 21.5 Å². The van der Waals surface area contributed by atoms with Crippen LogP contribution in [0.2, 0.25) is 0 Å². The van der Waals surface area contributed by atoms with Crippen molar-refractivity contribution in [3.63, 3.8) is 0 Å². The van der Waals surface area contributed by atoms with Crippen molar-refractivity contribution in [1.82, 2.24) is 24.7 Å². The van der Waals surface area contributed by atoms with Crippen molar-refractivity contribution in [2.45, 2.75) is 45.7 Å². The van der Waals surface area contributed by atoms with Crippen LogP contribution in [0.1, 0.15) is 43.3 Å². The molecule has 4 heterocycles. The number of hydrogen-bond donors (Lipinski definition) is 1. The third-order valence-corrected chi connectivity index (χ3v) is 6.27. The van der Waals surface area contributed by atoms with Crippen LogP contribution < -0.4 is 5.32 Å². The number of fused-ring (bicyclic) bond motifs is 2. The Balaban J connectivity index is 1.51. The minimum absolute atomic E-state index is 0.0249. The molecular weight excluding hydrogens is 368 g/mol. The highest BCUT2D eigenvalue weighted by atomic mass is 32.1. The SMILES string of the molecule is Cc1nc(NC(C)c2nnc3n2CCCC3)c2cc(-c3ccccc3)sc2n1. The van der Waals surface area contributed by atoms with E-state index in [9.17, 15) is 0 Å². The monoisotopic (exact) mass is 390 g/mol. The van der Waals surface area contributed by atoms with Gasteiger partial charge in [0.15, 0.2) is 5.82 Å². The summed E-state index contributed by atoms with van der Waals surface area (Å²) in [6.45, 7) is 5.06. The first-order valence-electron chi connectivity index (χ1n) is 9.71. The zero-order valence-corrected chi connectivity index (χ0v) is 16.8. The van der Waals surface area contributed by atoms with Crippen LogP contribution in [0.3, 0.4) is 0 Å². The second kappa shape index (κ2) is 6.98. The summed E-state index contributed by atoms with van der Waals surface area (Å²) in [4.78, 5) is 11.6. The van der Waals surface area contributed by atoms with Gasteiger partial charge < -0.3 is 9.88 Å². The van der Waals surface area contributed by atoms with Crippen molar-refractivity contribution >= 4 is 27.4 Å². The Kier molecular flexibility index (Phi) is 4.31. The summed E-state index contributed by atoms with van der Waals surface area (Å²) in [6, 6.07) is 12.6. The van der Waals surface area contributed by atoms with Gasteiger partial charge in [0, 0.05) is 17.8 Å². The fourth-order valence-corrected chi connectivity index (χ4v) is 4.89. The van der Waals surface area contributed by atoms with Gasteiger partial charge in [-0.25, -0.2) is 9.97 Å². The molecule has 0 bridgehead atoms. The highest BCUT2D eigenvalue weighted by Crippen LogP contribution is 2.36. The van der Waals surface area contributed by atoms with Gasteiger partial charge in [0.25, 0.3) is 0 Å². The molecule has 0 aliphatic carbocycles. The molecule has 6 nitrogen and oxygen atoms in total. The number of rotatable bonds is 4. The molecule has 0 fully saturated rings. The van der Waals surface area contributed by atoms with Crippen molar-refractivity contribution in [3.8, 4) is 10.4 Å². The second-order valence-corrected chi connectivity index (χ2v) is 8.29. The third-order valence-electron chi connectivity index (χ3n) is 5.19. The van der Waals surface area contributed by atoms with Gasteiger partial charge >= 0.3 is 0 Å². The first kappa shape index (κ1) is 17.3. The Labute approximate surface area is 167 Å². The number of benzene rings is 1. The van der Waals surface area contributed by atoms with E-state index in [1.165, 1.54) is 23.3 Å². The highest BCUT2D eigenvalue weighted by molar-refractivity contribution is 7.21. The van der Waals surface area contributed by atoms with E-state index < -0.39 is 0 Å². The zero-order valence-electron chi connectivity index (χ0n) is 16.0. The number of aryl methyl sites for hydroxylation is 2. The molecule has 142 valence electrons. The number of thiophene rings is 1. The van der Waals surface area contributed by atoms with Crippen LogP contribution in [0.15, 0.2) is 36.4 Å². The molecule has 1 N–H and O–H groups in total. The summed E-state index contributed by atoms with van der Waals surface area (Å²) in [5.74, 6) is 3.71. The molecule has 0 saturated heterocycles. The van der Waals surface area contributed by atoms with Crippen LogP contribution in [-0.2, 0) is 13.0 Å². The average Bonchev–Trinajstić information content (AvgIpc) is 3.33. The van der Waals surface area contributed by atoms with E-state index in [-0.39, 0.29) is 6.04 Å². The van der Waals surface area contributed by atoms with E-state index in [2.05, 4.69) is 62.3 Å². The smallest absolute Gasteiger partial charge is 0.155 e. The number of anilines is 1. The van der Waals surface area contributed by atoms with E-state index in [1.54, 1.807) is 11.3 Å². The van der Waals surface area contributed by atoms with Crippen LogP contribution in [0.4, 0.5) is 5.82 Å². The van der Waals surface area contributed by atoms with Crippen molar-refractivity contribution in [2.75, 3.05) is 5.32 Å². The van der Waals surface area contributed by atoms with Gasteiger partial charge in [0.1, 0.15) is 22.3 Å². The molecule has 0 amide bonds. The van der Waals surface area contributed by atoms with Gasteiger partial charge in [0.2, 0.25) is 0 Å². The fourth-order valence-electron chi connectivity index (χ4n) is 3.80. The Morgan fingerprint density at radius 1 is 1.11 bits per heavy atom. The maximum absolute atomic E-state index is 4.70. The maximum atomic E-state index is 4.70. The van der Waals surface area contributed by atoms with E-state index in [0.29, 0.717) is 0 Å². The molecule has 1 aromatic carbocycles. The van der Waals surface area contributed by atoms with Gasteiger partial charge in [-0.3, -0.25) is 0 Å². The van der Waals surface area contributed by atoms with E-state index in [0.717, 1.165) is 46.5 Å². The molecule has 0 saturated carbocycles. The Bertz CT molecular complexity index is 1130. The van der Waals surface area contributed by atoms with Crippen molar-refractivity contribution < 1.29 is 0 Å². The second-order valence-electron chi connectivity index (χ2n) is 7.26. The Morgan fingerprint density at radius 3 is 2.82 bits per heavy atom. The van der Waals surface area contributed by atoms with E-state index in [4.69, 9.17) is 4.98 Å². The summed E-state index contributed by atoms with van der Waals surface area (Å²) >= 11 is 1.70. The van der Waals surface area contributed by atoms with Crippen LogP contribution >= 0.6 is 11.3 Å². The molecule has 28 heavy (non-hydrogen) atoms. The van der Waals surface area contributed by atoms with Crippen LogP contribution in [0.5, 0.6) is 0 Å². The maximum Gasteiger partial charge on any atom is 0.155 e. The number of hydrogen-bond acceptors (Lipinski definition) is 6. The van der Waals surface area contributed by atoms with Crippen LogP contribution in [0, 0.1) is 6.92 Å². The Hall–Kier alpha value is -2.80. The summed E-state index contributed by atoms with van der Waals surface area (Å²) < 4.78 is 2.26. The molecule has 1 atom stereocenters. The number of aromatic nitrogens is 5. The van der Waals surface area contributed by atoms with Gasteiger partial charge in [0.05, 0.1) is 11.4 Å². The first-order chi connectivity index (χ1) is 13.7. The van der Waals surface area contributed by atoms with Crippen molar-refractivity contribution in [2.24, 2.45) is 0 Å². The molecule has 7 heteroatoms. The Morgan fingerprint density at radius 2 is 1.96 bits per heavy atom. The van der Waals surface area contributed by atoms with E-state index in [1.807, 2.05) is 13.0 Å². The lowest BCUT2D eigenvalue weighted by Gasteiger charge is -2.19. The lowest BCUT2D eigenvalue weighted by atomic mass is 10.1. The minimum atomic E-state index is 0.0249. The van der Waals surface area contributed by atoms with Crippen molar-refractivity contribution in [1.29, 1.82) is 0 Å². The predicted octanol–water partition coefficient (Wildman–Crippen LogP) is 4.77. The van der Waals surface area contributed by atoms with Gasteiger partial charge in [-0.2, -0.15) is 0 Å². The number of nitrogens with one attached hydrogen (secondary N) is 1. The van der Waals surface area contributed by atoms with Crippen LogP contribution in [0.25, 0.3) is 20.7 Å². The molecular formula is C21H22N6S. The third kappa shape index (κ3) is 3.05. The minimum Gasteiger partial charge on any atom is -0.360 e. The summed E-state index contributed by atoms with van der Waals surface area (Å²) in [6.07, 6.45) is 3.40. The standard InChI is InChI=1S/C21H22N6S/c1-13(20-26-25-18-10-6-7-11-27(18)20)22-19-16-12-17(15-8-4-3-5-9-15)28-21(16)24-14(2)23-19/h3-5,8-9,12-13H,6-7,10-11H2,1-2H3,(H,22,23,24). The molecule has 4 aromatic rings. The quantitative estimate of drug-likeness (QED) is 0.544. The zero-order chi connectivity index (χ0) is 19.1. The molecule has 3 aromatic heterocycles. The number of nitrogens with zero attached hydrogens (tertiary/aromatic N) is 5. The largest absolute Gasteiger partial charge is 0.360 e. The van der Waals surface area contributed by atoms with E-state index >= 15 is 0 Å². The predicted molar refractivity (Wildman–Crippen MR) is 113 cm³/mol. The first-order valence-corrected chi connectivity index (χ1v) is 10.5. The molecule has 5 rings (SSSR count). The molecule has 1 aliphatic heterocycles. The highest BCUT2D eigenvalue weighted by Gasteiger charge is 2.21. The average molecular weight is 391 g/mol. The normalized spacial score (nSPS) is 14.8. The van der Waals surface area contributed by atoms with Crippen LogP contribution in [-0.4, -0.2) is 24.7 Å². The summed E-state index contributed by atoms with van der Waals surface area (Å²) in [5.41, 5.74) is 1.20. The fraction of sp³-hybridized carbons (Fsp3) is 0.333. The molecule has 1 unspecified atom stereocenters. The molecule has 0 spiro atoms. The van der Waals surface area contributed by atoms with Gasteiger partial charge in [-0.05, 0) is 38.3 Å². The summed E-state index contributed by atoms with van der Waals surface area (Å²) in [7, 11) is 0.